The molecule has 2 aliphatic carbocycles. The Hall–Kier alpha value is -1.06. The summed E-state index contributed by atoms with van der Waals surface area (Å²) in [6, 6.07) is 9.89. The van der Waals surface area contributed by atoms with E-state index in [0.717, 1.165) is 12.1 Å². The van der Waals surface area contributed by atoms with Crippen LogP contribution in [-0.4, -0.2) is 19.0 Å². The maximum atomic E-state index is 12.6. The van der Waals surface area contributed by atoms with Gasteiger partial charge in [0, 0.05) is 18.8 Å². The van der Waals surface area contributed by atoms with Gasteiger partial charge in [-0.15, -0.1) is 12.4 Å². The summed E-state index contributed by atoms with van der Waals surface area (Å²) in [5.41, 5.74) is 7.19. The molecule has 2 bridgehead atoms. The Labute approximate surface area is 120 Å². The molecule has 4 atom stereocenters. The molecule has 4 heteroatoms. The Balaban J connectivity index is 0.00000133. The lowest BCUT2D eigenvalue weighted by molar-refractivity contribution is -0.124. The number of para-hydroxylation sites is 1. The number of benzene rings is 1. The van der Waals surface area contributed by atoms with Crippen LogP contribution in [0.1, 0.15) is 19.3 Å². The number of hydrogen-bond donors (Lipinski definition) is 1. The zero-order valence-corrected chi connectivity index (χ0v) is 12.0. The van der Waals surface area contributed by atoms with Crippen molar-refractivity contribution in [2.45, 2.75) is 25.3 Å². The monoisotopic (exact) mass is 280 g/mol. The molecule has 4 unspecified atom stereocenters. The molecule has 0 heterocycles. The number of carbonyl (C=O) groups excluding carboxylic acids is 1. The van der Waals surface area contributed by atoms with Gasteiger partial charge in [0.15, 0.2) is 0 Å². The molecule has 2 saturated carbocycles. The number of carbonyl (C=O) groups is 1. The molecule has 104 valence electrons. The smallest absolute Gasteiger partial charge is 0.231 e. The van der Waals surface area contributed by atoms with E-state index in [1.54, 1.807) is 4.90 Å². The van der Waals surface area contributed by atoms with Gasteiger partial charge in [0.25, 0.3) is 0 Å². The van der Waals surface area contributed by atoms with E-state index in [9.17, 15) is 4.79 Å². The molecule has 0 aromatic heterocycles. The third-order valence-electron chi connectivity index (χ3n) is 4.74. The van der Waals surface area contributed by atoms with Crippen LogP contribution in [0.25, 0.3) is 0 Å². The maximum absolute atomic E-state index is 12.6. The second-order valence-corrected chi connectivity index (χ2v) is 5.67. The van der Waals surface area contributed by atoms with Gasteiger partial charge in [-0.3, -0.25) is 4.79 Å². The zero-order chi connectivity index (χ0) is 12.7. The first-order chi connectivity index (χ1) is 8.68. The molecule has 0 radical (unpaired) electrons. The van der Waals surface area contributed by atoms with E-state index in [1.165, 1.54) is 12.8 Å². The molecule has 1 aromatic rings. The normalized spacial score (nSPS) is 31.9. The average molecular weight is 281 g/mol. The minimum absolute atomic E-state index is 0. The van der Waals surface area contributed by atoms with Gasteiger partial charge in [-0.2, -0.15) is 0 Å². The average Bonchev–Trinajstić information content (AvgIpc) is 2.99. The fourth-order valence-corrected chi connectivity index (χ4v) is 3.70. The number of amides is 1. The quantitative estimate of drug-likeness (QED) is 0.904. The van der Waals surface area contributed by atoms with Crippen molar-refractivity contribution < 1.29 is 4.79 Å². The molecule has 0 aliphatic heterocycles. The Bertz CT molecular complexity index is 449. The summed E-state index contributed by atoms with van der Waals surface area (Å²) in [6.45, 7) is 0. The Kier molecular flexibility index (Phi) is 4.16. The first kappa shape index (κ1) is 14.4. The molecule has 2 fully saturated rings. The van der Waals surface area contributed by atoms with Crippen molar-refractivity contribution in [3.8, 4) is 0 Å². The molecule has 19 heavy (non-hydrogen) atoms. The molecular weight excluding hydrogens is 260 g/mol. The highest BCUT2D eigenvalue weighted by Crippen LogP contribution is 2.48. The third kappa shape index (κ3) is 2.37. The van der Waals surface area contributed by atoms with Crippen LogP contribution in [0.5, 0.6) is 0 Å². The SMILES string of the molecule is CN(C(=O)C1C2CCC(C2)C1N)c1ccccc1.Cl. The molecule has 3 nitrogen and oxygen atoms in total. The van der Waals surface area contributed by atoms with E-state index >= 15 is 0 Å². The van der Waals surface area contributed by atoms with Crippen LogP contribution in [0.2, 0.25) is 0 Å². The van der Waals surface area contributed by atoms with Crippen molar-refractivity contribution >= 4 is 24.0 Å². The summed E-state index contributed by atoms with van der Waals surface area (Å²) in [5.74, 6) is 1.33. The number of fused-ring (bicyclic) bond motifs is 2. The van der Waals surface area contributed by atoms with Crippen LogP contribution < -0.4 is 10.6 Å². The van der Waals surface area contributed by atoms with Crippen LogP contribution in [0.15, 0.2) is 30.3 Å². The van der Waals surface area contributed by atoms with Crippen LogP contribution in [-0.2, 0) is 4.79 Å². The van der Waals surface area contributed by atoms with Crippen LogP contribution in [0, 0.1) is 17.8 Å². The predicted octanol–water partition coefficient (Wildman–Crippen LogP) is 2.44. The second-order valence-electron chi connectivity index (χ2n) is 5.67. The number of anilines is 1. The number of nitrogens with zero attached hydrogens (tertiary/aromatic N) is 1. The van der Waals surface area contributed by atoms with E-state index in [0.29, 0.717) is 11.8 Å². The van der Waals surface area contributed by atoms with E-state index in [-0.39, 0.29) is 30.3 Å². The Morgan fingerprint density at radius 2 is 1.84 bits per heavy atom. The van der Waals surface area contributed by atoms with Gasteiger partial charge in [0.1, 0.15) is 0 Å². The highest BCUT2D eigenvalue weighted by atomic mass is 35.5. The lowest BCUT2D eigenvalue weighted by atomic mass is 9.84. The summed E-state index contributed by atoms with van der Waals surface area (Å²) >= 11 is 0. The molecule has 0 spiro atoms. The highest BCUT2D eigenvalue weighted by Gasteiger charge is 2.49. The minimum atomic E-state index is 0. The first-order valence-electron chi connectivity index (χ1n) is 6.76. The molecule has 1 aromatic carbocycles. The molecule has 2 N–H and O–H groups in total. The Morgan fingerprint density at radius 1 is 1.21 bits per heavy atom. The predicted molar refractivity (Wildman–Crippen MR) is 79.4 cm³/mol. The molecular formula is C15H21ClN2O. The second kappa shape index (κ2) is 5.51. The zero-order valence-electron chi connectivity index (χ0n) is 11.2. The minimum Gasteiger partial charge on any atom is -0.327 e. The van der Waals surface area contributed by atoms with E-state index < -0.39 is 0 Å². The summed E-state index contributed by atoms with van der Waals surface area (Å²) < 4.78 is 0. The lowest BCUT2D eigenvalue weighted by Crippen LogP contribution is -2.46. The summed E-state index contributed by atoms with van der Waals surface area (Å²) in [6.07, 6.45) is 3.54. The lowest BCUT2D eigenvalue weighted by Gasteiger charge is -2.30. The maximum Gasteiger partial charge on any atom is 0.231 e. The van der Waals surface area contributed by atoms with Crippen LogP contribution in [0.4, 0.5) is 5.69 Å². The number of halogens is 1. The molecule has 3 rings (SSSR count). The molecule has 1 amide bonds. The van der Waals surface area contributed by atoms with Gasteiger partial charge in [-0.05, 0) is 43.2 Å². The van der Waals surface area contributed by atoms with Crippen LogP contribution in [0.3, 0.4) is 0 Å². The van der Waals surface area contributed by atoms with Gasteiger partial charge in [0.2, 0.25) is 5.91 Å². The van der Waals surface area contributed by atoms with Crippen molar-refractivity contribution in [3.05, 3.63) is 30.3 Å². The number of hydrogen-bond acceptors (Lipinski definition) is 2. The van der Waals surface area contributed by atoms with E-state index in [4.69, 9.17) is 5.73 Å². The summed E-state index contributed by atoms with van der Waals surface area (Å²) in [7, 11) is 1.86. The van der Waals surface area contributed by atoms with Crippen molar-refractivity contribution in [1.82, 2.24) is 0 Å². The summed E-state index contributed by atoms with van der Waals surface area (Å²) in [5, 5.41) is 0. The van der Waals surface area contributed by atoms with Crippen molar-refractivity contribution in [1.29, 1.82) is 0 Å². The van der Waals surface area contributed by atoms with Gasteiger partial charge in [-0.25, -0.2) is 0 Å². The molecule has 0 saturated heterocycles. The number of rotatable bonds is 2. The van der Waals surface area contributed by atoms with Gasteiger partial charge in [0.05, 0.1) is 5.92 Å². The Morgan fingerprint density at radius 3 is 2.42 bits per heavy atom. The number of nitrogens with two attached hydrogens (primary N) is 1. The standard InChI is InChI=1S/C15H20N2O.ClH/c1-17(12-5-3-2-4-6-12)15(18)13-10-7-8-11(9-10)14(13)16;/h2-6,10-11,13-14H,7-9,16H2,1H3;1H. The van der Waals surface area contributed by atoms with Gasteiger partial charge in [-0.1, -0.05) is 18.2 Å². The van der Waals surface area contributed by atoms with E-state index in [2.05, 4.69) is 0 Å². The largest absolute Gasteiger partial charge is 0.327 e. The third-order valence-corrected chi connectivity index (χ3v) is 4.74. The summed E-state index contributed by atoms with van der Waals surface area (Å²) in [4.78, 5) is 14.4. The van der Waals surface area contributed by atoms with E-state index in [1.807, 2.05) is 37.4 Å². The van der Waals surface area contributed by atoms with Crippen molar-refractivity contribution in [2.75, 3.05) is 11.9 Å². The first-order valence-corrected chi connectivity index (χ1v) is 6.76. The fourth-order valence-electron chi connectivity index (χ4n) is 3.70. The topological polar surface area (TPSA) is 46.3 Å². The fraction of sp³-hybridized carbons (Fsp3) is 0.533. The highest BCUT2D eigenvalue weighted by molar-refractivity contribution is 5.95. The van der Waals surface area contributed by atoms with Crippen molar-refractivity contribution in [2.24, 2.45) is 23.5 Å². The van der Waals surface area contributed by atoms with Crippen molar-refractivity contribution in [3.63, 3.8) is 0 Å². The molecule has 2 aliphatic rings. The van der Waals surface area contributed by atoms with Gasteiger partial charge < -0.3 is 10.6 Å². The van der Waals surface area contributed by atoms with Gasteiger partial charge >= 0.3 is 0 Å². The van der Waals surface area contributed by atoms with Crippen LogP contribution >= 0.6 is 12.4 Å².